The second-order valence-corrected chi connectivity index (χ2v) is 3.05. The van der Waals surface area contributed by atoms with Crippen LogP contribution in [0.2, 0.25) is 0 Å². The van der Waals surface area contributed by atoms with Crippen molar-refractivity contribution < 1.29 is 4.92 Å². The number of nitrogens with zero attached hydrogens (tertiary/aromatic N) is 2. The predicted octanol–water partition coefficient (Wildman–Crippen LogP) is 2.38. The van der Waals surface area contributed by atoms with Gasteiger partial charge in [0.25, 0.3) is 5.69 Å². The summed E-state index contributed by atoms with van der Waals surface area (Å²) < 4.78 is 1.75. The van der Waals surface area contributed by atoms with Gasteiger partial charge in [-0.15, -0.1) is 0 Å². The molecule has 74 valence electrons. The number of nitro benzene ring substituents is 1. The highest BCUT2D eigenvalue weighted by Crippen LogP contribution is 2.21. The van der Waals surface area contributed by atoms with Crippen LogP contribution in [0.15, 0.2) is 30.5 Å². The molecule has 0 amide bonds. The zero-order chi connectivity index (χ0) is 10.8. The Morgan fingerprint density at radius 1 is 1.40 bits per heavy atom. The third-order valence-corrected chi connectivity index (χ3v) is 2.12. The molecule has 0 radical (unpaired) electrons. The van der Waals surface area contributed by atoms with Crippen LogP contribution in [0.5, 0.6) is 0 Å². The summed E-state index contributed by atoms with van der Waals surface area (Å²) in [7, 11) is 0. The molecule has 0 aliphatic carbocycles. The summed E-state index contributed by atoms with van der Waals surface area (Å²) in [5.41, 5.74) is 0.986. The summed E-state index contributed by atoms with van der Waals surface area (Å²) in [5.74, 6) is 2.78. The van der Waals surface area contributed by atoms with Gasteiger partial charge in [0.2, 0.25) is 0 Å². The minimum absolute atomic E-state index is 0.102. The first-order valence-electron chi connectivity index (χ1n) is 4.40. The minimum Gasteiger partial charge on any atom is -0.276 e. The van der Waals surface area contributed by atoms with Gasteiger partial charge in [-0.2, -0.15) is 0 Å². The lowest BCUT2D eigenvalue weighted by atomic mass is 10.2. The first-order valence-corrected chi connectivity index (χ1v) is 4.40. The quantitative estimate of drug-likeness (QED) is 0.403. The van der Waals surface area contributed by atoms with E-state index in [9.17, 15) is 10.1 Å². The van der Waals surface area contributed by atoms with Gasteiger partial charge in [-0.1, -0.05) is 5.92 Å². The Hall–Kier alpha value is -2.28. The van der Waals surface area contributed by atoms with E-state index in [-0.39, 0.29) is 5.69 Å². The van der Waals surface area contributed by atoms with Crippen LogP contribution in [0.1, 0.15) is 6.92 Å². The lowest BCUT2D eigenvalue weighted by molar-refractivity contribution is -0.384. The molecule has 0 saturated heterocycles. The lowest BCUT2D eigenvalue weighted by Crippen LogP contribution is -1.88. The molecule has 0 bridgehead atoms. The average molecular weight is 200 g/mol. The highest BCUT2D eigenvalue weighted by molar-refractivity contribution is 5.83. The number of hydrogen-bond donors (Lipinski definition) is 0. The van der Waals surface area contributed by atoms with Gasteiger partial charge in [-0.05, 0) is 19.1 Å². The summed E-state index contributed by atoms with van der Waals surface area (Å²) in [4.78, 5) is 10.1. The normalized spacial score (nSPS) is 9.67. The Morgan fingerprint density at radius 2 is 2.20 bits per heavy atom. The van der Waals surface area contributed by atoms with Crippen LogP contribution < -0.4 is 0 Å². The van der Waals surface area contributed by atoms with E-state index in [0.29, 0.717) is 0 Å². The van der Waals surface area contributed by atoms with Crippen LogP contribution in [-0.4, -0.2) is 9.49 Å². The van der Waals surface area contributed by atoms with Gasteiger partial charge in [0.05, 0.1) is 10.4 Å². The fourth-order valence-electron chi connectivity index (χ4n) is 1.46. The van der Waals surface area contributed by atoms with E-state index in [1.54, 1.807) is 29.8 Å². The monoisotopic (exact) mass is 200 g/mol. The van der Waals surface area contributed by atoms with Crippen molar-refractivity contribution in [3.8, 4) is 12.0 Å². The molecule has 0 spiro atoms. The molecule has 1 heterocycles. The standard InChI is InChI=1S/C11H8N2O2/c1-2-6-12-7-5-9-8-10(13(14)15)3-4-11(9)12/h3-5,7-8H,1H3. The molecule has 4 heteroatoms. The highest BCUT2D eigenvalue weighted by Gasteiger charge is 2.07. The van der Waals surface area contributed by atoms with E-state index in [4.69, 9.17) is 0 Å². The number of aromatic nitrogens is 1. The Bertz CT molecular complexity index is 587. The van der Waals surface area contributed by atoms with Gasteiger partial charge >= 0.3 is 0 Å². The fraction of sp³-hybridized carbons (Fsp3) is 0.0909. The summed E-state index contributed by atoms with van der Waals surface area (Å²) in [5, 5.41) is 11.4. The molecule has 4 nitrogen and oxygen atoms in total. The highest BCUT2D eigenvalue weighted by atomic mass is 16.6. The van der Waals surface area contributed by atoms with Crippen LogP contribution >= 0.6 is 0 Å². The molecule has 2 rings (SSSR count). The van der Waals surface area contributed by atoms with Crippen molar-refractivity contribution in [3.63, 3.8) is 0 Å². The first-order chi connectivity index (χ1) is 7.22. The van der Waals surface area contributed by atoms with Gasteiger partial charge < -0.3 is 0 Å². The van der Waals surface area contributed by atoms with Crippen molar-refractivity contribution in [2.45, 2.75) is 6.92 Å². The predicted molar refractivity (Wildman–Crippen MR) is 57.4 cm³/mol. The maximum absolute atomic E-state index is 10.5. The largest absolute Gasteiger partial charge is 0.276 e. The number of rotatable bonds is 1. The van der Waals surface area contributed by atoms with Crippen molar-refractivity contribution >= 4 is 16.6 Å². The third kappa shape index (κ3) is 1.55. The molecular formula is C11H8N2O2. The smallest absolute Gasteiger partial charge is 0.270 e. The SMILES string of the molecule is CC#Cn1ccc2cc([N+](=O)[O-])ccc21. The van der Waals surface area contributed by atoms with E-state index in [0.717, 1.165) is 10.9 Å². The van der Waals surface area contributed by atoms with Crippen molar-refractivity contribution in [1.29, 1.82) is 0 Å². The summed E-state index contributed by atoms with van der Waals surface area (Å²) in [6.45, 7) is 1.75. The fourth-order valence-corrected chi connectivity index (χ4v) is 1.46. The van der Waals surface area contributed by atoms with E-state index >= 15 is 0 Å². The van der Waals surface area contributed by atoms with E-state index in [1.165, 1.54) is 6.07 Å². The molecule has 2 aromatic rings. The van der Waals surface area contributed by atoms with Crippen LogP contribution in [0.4, 0.5) is 5.69 Å². The van der Waals surface area contributed by atoms with Crippen molar-refractivity contribution in [3.05, 3.63) is 40.6 Å². The van der Waals surface area contributed by atoms with Gasteiger partial charge in [-0.3, -0.25) is 14.7 Å². The molecule has 0 fully saturated rings. The maximum atomic E-state index is 10.5. The molecule has 0 aliphatic heterocycles. The molecule has 0 unspecified atom stereocenters. The second-order valence-electron chi connectivity index (χ2n) is 3.05. The minimum atomic E-state index is -0.401. The average Bonchev–Trinajstić information content (AvgIpc) is 2.61. The van der Waals surface area contributed by atoms with E-state index < -0.39 is 4.92 Å². The molecule has 0 aliphatic rings. The third-order valence-electron chi connectivity index (χ3n) is 2.12. The molecule has 0 saturated carbocycles. The van der Waals surface area contributed by atoms with Gasteiger partial charge in [-0.25, -0.2) is 0 Å². The van der Waals surface area contributed by atoms with Gasteiger partial charge in [0.15, 0.2) is 0 Å². The number of non-ortho nitro benzene ring substituents is 1. The molecule has 1 aromatic heterocycles. The Kier molecular flexibility index (Phi) is 2.14. The summed E-state index contributed by atoms with van der Waals surface area (Å²) in [6.07, 6.45) is 1.80. The maximum Gasteiger partial charge on any atom is 0.270 e. The number of hydrogen-bond acceptors (Lipinski definition) is 2. The van der Waals surface area contributed by atoms with Crippen LogP contribution in [0.25, 0.3) is 10.9 Å². The van der Waals surface area contributed by atoms with Gasteiger partial charge in [0, 0.05) is 29.8 Å². The molecule has 1 aromatic carbocycles. The zero-order valence-electron chi connectivity index (χ0n) is 8.10. The Balaban J connectivity index is 2.64. The van der Waals surface area contributed by atoms with Crippen LogP contribution in [0, 0.1) is 22.1 Å². The second kappa shape index (κ2) is 3.46. The number of nitro groups is 1. The van der Waals surface area contributed by atoms with E-state index in [2.05, 4.69) is 12.0 Å². The first kappa shape index (κ1) is 9.28. The van der Waals surface area contributed by atoms with Crippen molar-refractivity contribution in [2.24, 2.45) is 0 Å². The molecule has 0 N–H and O–H groups in total. The van der Waals surface area contributed by atoms with Crippen LogP contribution in [0.3, 0.4) is 0 Å². The van der Waals surface area contributed by atoms with Crippen molar-refractivity contribution in [2.75, 3.05) is 0 Å². The van der Waals surface area contributed by atoms with Crippen LogP contribution in [-0.2, 0) is 0 Å². The Labute approximate surface area is 86.3 Å². The molecule has 15 heavy (non-hydrogen) atoms. The number of benzene rings is 1. The van der Waals surface area contributed by atoms with Crippen molar-refractivity contribution in [1.82, 2.24) is 4.57 Å². The number of fused-ring (bicyclic) bond motifs is 1. The topological polar surface area (TPSA) is 48.1 Å². The Morgan fingerprint density at radius 3 is 2.87 bits per heavy atom. The lowest BCUT2D eigenvalue weighted by Gasteiger charge is -1.94. The van der Waals surface area contributed by atoms with Gasteiger partial charge in [0.1, 0.15) is 0 Å². The summed E-state index contributed by atoms with van der Waals surface area (Å²) >= 11 is 0. The zero-order valence-corrected chi connectivity index (χ0v) is 8.10. The molecule has 0 atom stereocenters. The summed E-state index contributed by atoms with van der Waals surface area (Å²) in [6, 6.07) is 9.42. The van der Waals surface area contributed by atoms with E-state index in [1.807, 2.05) is 6.07 Å². The molecular weight excluding hydrogens is 192 g/mol.